The molecule has 0 unspecified atom stereocenters. The van der Waals surface area contributed by atoms with Crippen molar-refractivity contribution < 1.29 is 19.1 Å². The highest BCUT2D eigenvalue weighted by Crippen LogP contribution is 2.46. The van der Waals surface area contributed by atoms with E-state index in [4.69, 9.17) is 9.47 Å². The van der Waals surface area contributed by atoms with Gasteiger partial charge in [-0.05, 0) is 55.8 Å². The summed E-state index contributed by atoms with van der Waals surface area (Å²) in [4.78, 5) is 25.5. The summed E-state index contributed by atoms with van der Waals surface area (Å²) in [6.45, 7) is 6.12. The monoisotopic (exact) mass is 347 g/mol. The largest absolute Gasteiger partial charge is 0.453 e. The second kappa shape index (κ2) is 8.48. The molecule has 138 valence electrons. The van der Waals surface area contributed by atoms with Crippen molar-refractivity contribution in [2.24, 2.45) is 5.92 Å². The first kappa shape index (κ1) is 19.4. The van der Waals surface area contributed by atoms with Crippen molar-refractivity contribution in [1.29, 1.82) is 0 Å². The molecule has 1 saturated carbocycles. The fourth-order valence-electron chi connectivity index (χ4n) is 2.94. The number of benzene rings is 1. The Labute approximate surface area is 150 Å². The van der Waals surface area contributed by atoms with Crippen LogP contribution in [0.25, 0.3) is 0 Å². The van der Waals surface area contributed by atoms with Crippen molar-refractivity contribution in [2.45, 2.75) is 45.4 Å². The van der Waals surface area contributed by atoms with E-state index in [1.165, 1.54) is 12.8 Å². The molecule has 25 heavy (non-hydrogen) atoms. The summed E-state index contributed by atoms with van der Waals surface area (Å²) in [6.07, 6.45) is 2.45. The number of nitrogens with zero attached hydrogens (tertiary/aromatic N) is 1. The third-order valence-corrected chi connectivity index (χ3v) is 4.53. The van der Waals surface area contributed by atoms with Crippen LogP contribution in [0.15, 0.2) is 18.2 Å². The third kappa shape index (κ3) is 5.56. The van der Waals surface area contributed by atoms with Crippen molar-refractivity contribution in [3.8, 4) is 5.75 Å². The van der Waals surface area contributed by atoms with E-state index in [0.29, 0.717) is 17.6 Å². The summed E-state index contributed by atoms with van der Waals surface area (Å²) in [6, 6.07) is 6.06. The van der Waals surface area contributed by atoms with Crippen LogP contribution in [0.2, 0.25) is 0 Å². The molecule has 5 heteroatoms. The van der Waals surface area contributed by atoms with Crippen LogP contribution in [0.4, 0.5) is 0 Å². The Morgan fingerprint density at radius 2 is 1.76 bits per heavy atom. The van der Waals surface area contributed by atoms with E-state index in [1.807, 2.05) is 18.2 Å². The molecule has 2 rings (SSSR count). The van der Waals surface area contributed by atoms with Gasteiger partial charge in [0.25, 0.3) is 0 Å². The van der Waals surface area contributed by atoms with Crippen molar-refractivity contribution in [1.82, 2.24) is 4.90 Å². The lowest BCUT2D eigenvalue weighted by Crippen LogP contribution is -2.27. The van der Waals surface area contributed by atoms with Crippen LogP contribution in [0.3, 0.4) is 0 Å². The van der Waals surface area contributed by atoms with E-state index in [0.717, 1.165) is 11.1 Å². The summed E-state index contributed by atoms with van der Waals surface area (Å²) in [5.74, 6) is 0.932. The molecule has 0 amide bonds. The van der Waals surface area contributed by atoms with Gasteiger partial charge in [0.1, 0.15) is 5.75 Å². The Bertz CT molecular complexity index is 620. The smallest absolute Gasteiger partial charge is 0.349 e. The number of carbonyl (C=O) groups excluding carboxylic acids is 2. The average molecular weight is 347 g/mol. The number of carbonyl (C=O) groups is 2. The van der Waals surface area contributed by atoms with Crippen LogP contribution in [0.5, 0.6) is 5.75 Å². The van der Waals surface area contributed by atoms with Crippen molar-refractivity contribution in [3.63, 3.8) is 0 Å². The van der Waals surface area contributed by atoms with Gasteiger partial charge in [0.15, 0.2) is 6.61 Å². The van der Waals surface area contributed by atoms with Crippen LogP contribution in [0.1, 0.15) is 56.6 Å². The lowest BCUT2D eigenvalue weighted by atomic mass is 9.90. The zero-order valence-electron chi connectivity index (χ0n) is 15.9. The van der Waals surface area contributed by atoms with Crippen molar-refractivity contribution >= 4 is 11.9 Å². The quantitative estimate of drug-likeness (QED) is 0.533. The van der Waals surface area contributed by atoms with E-state index >= 15 is 0 Å². The molecular formula is C20H29NO4. The third-order valence-electron chi connectivity index (χ3n) is 4.53. The molecule has 0 radical (unpaired) electrons. The molecule has 0 N–H and O–H groups in total. The van der Waals surface area contributed by atoms with Gasteiger partial charge < -0.3 is 9.47 Å². The summed E-state index contributed by atoms with van der Waals surface area (Å²) in [5.41, 5.74) is 2.08. The Hall–Kier alpha value is -1.88. The van der Waals surface area contributed by atoms with Crippen molar-refractivity contribution in [3.05, 3.63) is 29.3 Å². The molecule has 0 aromatic heterocycles. The minimum Gasteiger partial charge on any atom is -0.453 e. The summed E-state index contributed by atoms with van der Waals surface area (Å²) < 4.78 is 10.7. The van der Waals surface area contributed by atoms with Gasteiger partial charge in [0.05, 0.1) is 6.54 Å². The van der Waals surface area contributed by atoms with Crippen LogP contribution in [-0.4, -0.2) is 44.1 Å². The molecule has 1 aromatic carbocycles. The first-order valence-corrected chi connectivity index (χ1v) is 8.93. The molecule has 1 aromatic rings. The number of hydrogen-bond donors (Lipinski definition) is 0. The summed E-state index contributed by atoms with van der Waals surface area (Å²) in [5, 5.41) is 0. The highest BCUT2D eigenvalue weighted by molar-refractivity contribution is 5.79. The normalized spacial score (nSPS) is 15.3. The number of rotatable bonds is 8. The fourth-order valence-corrected chi connectivity index (χ4v) is 2.94. The number of esters is 2. The maximum absolute atomic E-state index is 12.2. The minimum atomic E-state index is -0.538. The van der Waals surface area contributed by atoms with E-state index in [9.17, 15) is 9.59 Å². The zero-order chi connectivity index (χ0) is 18.6. The lowest BCUT2D eigenvalue weighted by molar-refractivity contribution is -0.154. The number of ether oxygens (including phenoxy) is 2. The number of hydrogen-bond acceptors (Lipinski definition) is 5. The number of likely N-dealkylation sites (N-methyl/N-ethyl adjacent to an activating group) is 1. The Kier molecular flexibility index (Phi) is 6.59. The molecule has 0 spiro atoms. The topological polar surface area (TPSA) is 55.8 Å². The highest BCUT2D eigenvalue weighted by Gasteiger charge is 2.32. The predicted octanol–water partition coefficient (Wildman–Crippen LogP) is 3.33. The second-order valence-corrected chi connectivity index (χ2v) is 7.42. The molecule has 5 nitrogen and oxygen atoms in total. The summed E-state index contributed by atoms with van der Waals surface area (Å²) >= 11 is 0. The molecule has 0 saturated heterocycles. The Morgan fingerprint density at radius 1 is 1.12 bits per heavy atom. The zero-order valence-corrected chi connectivity index (χ0v) is 15.9. The maximum atomic E-state index is 12.2. The lowest BCUT2D eigenvalue weighted by Gasteiger charge is -2.20. The highest BCUT2D eigenvalue weighted by atomic mass is 16.6. The average Bonchev–Trinajstić information content (AvgIpc) is 3.36. The van der Waals surface area contributed by atoms with Gasteiger partial charge in [-0.3, -0.25) is 9.69 Å². The molecule has 0 aliphatic heterocycles. The Balaban J connectivity index is 2.10. The molecule has 0 heterocycles. The minimum absolute atomic E-state index is 0.139. The first-order chi connectivity index (χ1) is 11.8. The van der Waals surface area contributed by atoms with Gasteiger partial charge in [-0.25, -0.2) is 4.79 Å². The molecule has 1 aliphatic carbocycles. The SMILES string of the molecule is CC(C)c1cccc([C@H](C)C2CC2)c1OC(=O)COC(=O)CN(C)C. The van der Waals surface area contributed by atoms with E-state index < -0.39 is 11.9 Å². The van der Waals surface area contributed by atoms with Gasteiger partial charge in [0, 0.05) is 0 Å². The van der Waals surface area contributed by atoms with Gasteiger partial charge in [-0.15, -0.1) is 0 Å². The molecule has 1 aliphatic rings. The predicted molar refractivity (Wildman–Crippen MR) is 96.8 cm³/mol. The van der Waals surface area contributed by atoms with E-state index in [-0.39, 0.29) is 19.1 Å². The molecule has 1 fully saturated rings. The Morgan fingerprint density at radius 3 is 2.32 bits per heavy atom. The van der Waals surface area contributed by atoms with Crippen LogP contribution >= 0.6 is 0 Å². The molecule has 1 atom stereocenters. The summed E-state index contributed by atoms with van der Waals surface area (Å²) in [7, 11) is 3.54. The number of para-hydroxylation sites is 1. The first-order valence-electron chi connectivity index (χ1n) is 8.93. The standard InChI is InChI=1S/C20H29NO4/c1-13(2)16-7-6-8-17(14(3)15-9-10-15)20(16)25-19(23)12-24-18(22)11-21(4)5/h6-8,13-15H,9-12H2,1-5H3/t14-/m1/s1. The van der Waals surface area contributed by atoms with E-state index in [2.05, 4.69) is 20.8 Å². The van der Waals surface area contributed by atoms with Gasteiger partial charge in [-0.2, -0.15) is 0 Å². The second-order valence-electron chi connectivity index (χ2n) is 7.42. The van der Waals surface area contributed by atoms with Crippen LogP contribution in [0, 0.1) is 5.92 Å². The van der Waals surface area contributed by atoms with Gasteiger partial charge in [0.2, 0.25) is 0 Å². The van der Waals surface area contributed by atoms with Crippen molar-refractivity contribution in [2.75, 3.05) is 27.2 Å². The molecular weight excluding hydrogens is 318 g/mol. The van der Waals surface area contributed by atoms with Crippen LogP contribution in [-0.2, 0) is 14.3 Å². The van der Waals surface area contributed by atoms with Crippen LogP contribution < -0.4 is 4.74 Å². The van der Waals surface area contributed by atoms with Gasteiger partial charge >= 0.3 is 11.9 Å². The van der Waals surface area contributed by atoms with E-state index in [1.54, 1.807) is 19.0 Å². The molecule has 0 bridgehead atoms. The fraction of sp³-hybridized carbons (Fsp3) is 0.600. The van der Waals surface area contributed by atoms with Gasteiger partial charge in [-0.1, -0.05) is 39.0 Å². The maximum Gasteiger partial charge on any atom is 0.349 e.